The normalized spacial score (nSPS) is 13.0. The SMILES string of the molecule is Cc1ccc2nc(COc3cccc(C(=O)Nc4ccc(C(=O)NC5CC5)cc4)c3)cn2c1. The van der Waals surface area contributed by atoms with Gasteiger partial charge in [-0.25, -0.2) is 4.98 Å². The van der Waals surface area contributed by atoms with E-state index >= 15 is 0 Å². The van der Waals surface area contributed by atoms with Crippen molar-refractivity contribution in [1.29, 1.82) is 0 Å². The van der Waals surface area contributed by atoms with Crippen LogP contribution in [0, 0.1) is 6.92 Å². The smallest absolute Gasteiger partial charge is 0.255 e. The number of pyridine rings is 1. The Bertz CT molecular complexity index is 1320. The minimum atomic E-state index is -0.251. The monoisotopic (exact) mass is 440 g/mol. The Kier molecular flexibility index (Phi) is 5.52. The molecule has 4 aromatic rings. The number of amides is 2. The molecule has 1 saturated carbocycles. The Hall–Kier alpha value is -4.13. The zero-order valence-corrected chi connectivity index (χ0v) is 18.2. The van der Waals surface area contributed by atoms with Crippen LogP contribution in [0.25, 0.3) is 5.65 Å². The van der Waals surface area contributed by atoms with E-state index in [1.54, 1.807) is 42.5 Å². The largest absolute Gasteiger partial charge is 0.487 e. The Morgan fingerprint density at radius 2 is 1.82 bits per heavy atom. The van der Waals surface area contributed by atoms with Crippen molar-refractivity contribution in [3.8, 4) is 5.75 Å². The Labute approximate surface area is 191 Å². The molecule has 2 N–H and O–H groups in total. The third-order valence-corrected chi connectivity index (χ3v) is 5.45. The second-order valence-corrected chi connectivity index (χ2v) is 8.30. The predicted molar refractivity (Wildman–Crippen MR) is 126 cm³/mol. The molecular weight excluding hydrogens is 416 g/mol. The molecule has 1 fully saturated rings. The number of nitrogens with one attached hydrogen (secondary N) is 2. The number of aryl methyl sites for hydroxylation is 1. The van der Waals surface area contributed by atoms with E-state index in [4.69, 9.17) is 4.74 Å². The van der Waals surface area contributed by atoms with Gasteiger partial charge in [0.25, 0.3) is 11.8 Å². The van der Waals surface area contributed by atoms with E-state index in [1.165, 1.54) is 0 Å². The fourth-order valence-electron chi connectivity index (χ4n) is 3.51. The zero-order valence-electron chi connectivity index (χ0n) is 18.2. The van der Waals surface area contributed by atoms with Crippen LogP contribution in [0.1, 0.15) is 44.8 Å². The maximum atomic E-state index is 12.7. The van der Waals surface area contributed by atoms with Crippen molar-refractivity contribution in [2.24, 2.45) is 0 Å². The minimum Gasteiger partial charge on any atom is -0.487 e. The van der Waals surface area contributed by atoms with Gasteiger partial charge in [-0.3, -0.25) is 9.59 Å². The third-order valence-electron chi connectivity index (χ3n) is 5.45. The summed E-state index contributed by atoms with van der Waals surface area (Å²) in [6.07, 6.45) is 6.04. The van der Waals surface area contributed by atoms with Crippen molar-refractivity contribution in [2.45, 2.75) is 32.4 Å². The summed E-state index contributed by atoms with van der Waals surface area (Å²) < 4.78 is 7.84. The van der Waals surface area contributed by atoms with Crippen molar-refractivity contribution in [1.82, 2.24) is 14.7 Å². The lowest BCUT2D eigenvalue weighted by Crippen LogP contribution is -2.25. The summed E-state index contributed by atoms with van der Waals surface area (Å²) >= 11 is 0. The number of benzene rings is 2. The van der Waals surface area contributed by atoms with E-state index < -0.39 is 0 Å². The molecule has 5 rings (SSSR count). The van der Waals surface area contributed by atoms with Crippen molar-refractivity contribution >= 4 is 23.1 Å². The van der Waals surface area contributed by atoms with Gasteiger partial charge in [0.05, 0.1) is 5.69 Å². The van der Waals surface area contributed by atoms with Crippen LogP contribution in [0.3, 0.4) is 0 Å². The van der Waals surface area contributed by atoms with Crippen molar-refractivity contribution in [3.63, 3.8) is 0 Å². The van der Waals surface area contributed by atoms with Gasteiger partial charge in [-0.2, -0.15) is 0 Å². The maximum Gasteiger partial charge on any atom is 0.255 e. The molecule has 7 heteroatoms. The lowest BCUT2D eigenvalue weighted by molar-refractivity contribution is 0.0950. The molecule has 2 heterocycles. The highest BCUT2D eigenvalue weighted by molar-refractivity contribution is 6.04. The molecule has 2 aromatic carbocycles. The van der Waals surface area contributed by atoms with E-state index in [1.807, 2.05) is 41.9 Å². The highest BCUT2D eigenvalue weighted by atomic mass is 16.5. The molecule has 0 atom stereocenters. The van der Waals surface area contributed by atoms with Crippen molar-refractivity contribution in [3.05, 3.63) is 95.4 Å². The fourth-order valence-corrected chi connectivity index (χ4v) is 3.51. The minimum absolute atomic E-state index is 0.0824. The Morgan fingerprint density at radius 3 is 2.61 bits per heavy atom. The molecule has 0 unspecified atom stereocenters. The molecule has 0 radical (unpaired) electrons. The van der Waals surface area contributed by atoms with Crippen LogP contribution in [0.2, 0.25) is 0 Å². The van der Waals surface area contributed by atoms with Crippen molar-refractivity contribution < 1.29 is 14.3 Å². The number of carbonyl (C=O) groups excluding carboxylic acids is 2. The maximum absolute atomic E-state index is 12.7. The van der Waals surface area contributed by atoms with Crippen molar-refractivity contribution in [2.75, 3.05) is 5.32 Å². The summed E-state index contributed by atoms with van der Waals surface area (Å²) in [6, 6.07) is 18.2. The number of imidazole rings is 1. The molecule has 2 amide bonds. The molecule has 1 aliphatic carbocycles. The number of aromatic nitrogens is 2. The summed E-state index contributed by atoms with van der Waals surface area (Å²) in [5.41, 5.74) is 4.51. The van der Waals surface area contributed by atoms with Gasteiger partial charge in [0, 0.05) is 35.2 Å². The first-order valence-corrected chi connectivity index (χ1v) is 10.9. The second-order valence-electron chi connectivity index (χ2n) is 8.30. The van der Waals surface area contributed by atoms with Crippen LogP contribution in [-0.2, 0) is 6.61 Å². The molecule has 2 aromatic heterocycles. The first-order chi connectivity index (χ1) is 16.0. The van der Waals surface area contributed by atoms with Gasteiger partial charge in [0.2, 0.25) is 0 Å². The van der Waals surface area contributed by atoms with E-state index in [0.29, 0.717) is 35.2 Å². The van der Waals surface area contributed by atoms with Crippen LogP contribution in [0.4, 0.5) is 5.69 Å². The van der Waals surface area contributed by atoms with E-state index in [0.717, 1.165) is 29.7 Å². The topological polar surface area (TPSA) is 84.7 Å². The van der Waals surface area contributed by atoms with Gasteiger partial charge in [0.15, 0.2) is 0 Å². The fraction of sp³-hybridized carbons (Fsp3) is 0.192. The number of rotatable bonds is 7. The summed E-state index contributed by atoms with van der Waals surface area (Å²) in [5, 5.41) is 5.81. The molecule has 33 heavy (non-hydrogen) atoms. The number of fused-ring (bicyclic) bond motifs is 1. The zero-order chi connectivity index (χ0) is 22.8. The first kappa shape index (κ1) is 20.8. The Morgan fingerprint density at radius 1 is 1.00 bits per heavy atom. The average Bonchev–Trinajstić information content (AvgIpc) is 3.54. The van der Waals surface area contributed by atoms with Crippen LogP contribution in [-0.4, -0.2) is 27.2 Å². The Balaban J connectivity index is 1.20. The van der Waals surface area contributed by atoms with Crippen LogP contribution < -0.4 is 15.4 Å². The van der Waals surface area contributed by atoms with Crippen LogP contribution >= 0.6 is 0 Å². The van der Waals surface area contributed by atoms with E-state index in [9.17, 15) is 9.59 Å². The van der Waals surface area contributed by atoms with Gasteiger partial charge in [0.1, 0.15) is 18.0 Å². The summed E-state index contributed by atoms with van der Waals surface area (Å²) in [7, 11) is 0. The third kappa shape index (κ3) is 5.03. The lowest BCUT2D eigenvalue weighted by Gasteiger charge is -2.09. The average molecular weight is 441 g/mol. The van der Waals surface area contributed by atoms with E-state index in [2.05, 4.69) is 15.6 Å². The number of carbonyl (C=O) groups is 2. The highest BCUT2D eigenvalue weighted by Crippen LogP contribution is 2.20. The van der Waals surface area contributed by atoms with Gasteiger partial charge in [-0.15, -0.1) is 0 Å². The number of hydrogen-bond acceptors (Lipinski definition) is 4. The summed E-state index contributed by atoms with van der Waals surface area (Å²) in [4.78, 5) is 29.4. The summed E-state index contributed by atoms with van der Waals surface area (Å²) in [5.74, 6) is 0.253. The van der Waals surface area contributed by atoms with Gasteiger partial charge in [-0.1, -0.05) is 12.1 Å². The molecule has 0 spiro atoms. The molecule has 7 nitrogen and oxygen atoms in total. The molecular formula is C26H24N4O3. The molecule has 166 valence electrons. The second kappa shape index (κ2) is 8.78. The highest BCUT2D eigenvalue weighted by Gasteiger charge is 2.23. The van der Waals surface area contributed by atoms with Crippen LogP contribution in [0.15, 0.2) is 73.1 Å². The first-order valence-electron chi connectivity index (χ1n) is 10.9. The van der Waals surface area contributed by atoms with Gasteiger partial charge >= 0.3 is 0 Å². The number of hydrogen-bond donors (Lipinski definition) is 2. The number of nitrogens with zero attached hydrogens (tertiary/aromatic N) is 2. The number of anilines is 1. The summed E-state index contributed by atoms with van der Waals surface area (Å²) in [6.45, 7) is 2.34. The quantitative estimate of drug-likeness (QED) is 0.447. The van der Waals surface area contributed by atoms with E-state index in [-0.39, 0.29) is 11.8 Å². The number of ether oxygens (including phenoxy) is 1. The van der Waals surface area contributed by atoms with Gasteiger partial charge in [-0.05, 0) is 73.9 Å². The van der Waals surface area contributed by atoms with Crippen LogP contribution in [0.5, 0.6) is 5.75 Å². The standard InChI is InChI=1S/C26H24N4O3/c1-17-5-12-24-27-22(15-30(24)14-17)16-33-23-4-2-3-19(13-23)26(32)29-20-8-6-18(7-9-20)25(31)28-21-10-11-21/h2-9,12-15,21H,10-11,16H2,1H3,(H,28,31)(H,29,32). The lowest BCUT2D eigenvalue weighted by atomic mass is 10.1. The molecule has 0 aliphatic heterocycles. The molecule has 0 saturated heterocycles. The predicted octanol–water partition coefficient (Wildman–Crippen LogP) is 4.37. The van der Waals surface area contributed by atoms with Gasteiger partial charge < -0.3 is 19.8 Å². The molecule has 0 bridgehead atoms. The molecule has 1 aliphatic rings.